The molecule has 18 heavy (non-hydrogen) atoms. The SMILES string of the molecule is CC(C)CCC(NN)c1cccc(OC2CC2)c1. The Balaban J connectivity index is 1.99. The van der Waals surface area contributed by atoms with E-state index in [0.29, 0.717) is 12.0 Å². The summed E-state index contributed by atoms with van der Waals surface area (Å²) in [5, 5.41) is 0. The lowest BCUT2D eigenvalue weighted by molar-refractivity contribution is 0.302. The van der Waals surface area contributed by atoms with Gasteiger partial charge in [-0.15, -0.1) is 0 Å². The van der Waals surface area contributed by atoms with E-state index in [2.05, 4.69) is 31.4 Å². The second-order valence-electron chi connectivity index (χ2n) is 5.58. The maximum absolute atomic E-state index is 5.82. The third kappa shape index (κ3) is 4.00. The van der Waals surface area contributed by atoms with Crippen molar-refractivity contribution in [2.45, 2.75) is 51.7 Å². The molecule has 1 aromatic rings. The molecule has 0 spiro atoms. The maximum Gasteiger partial charge on any atom is 0.120 e. The zero-order chi connectivity index (χ0) is 13.0. The Morgan fingerprint density at radius 3 is 2.72 bits per heavy atom. The second kappa shape index (κ2) is 6.21. The lowest BCUT2D eigenvalue weighted by Crippen LogP contribution is -2.28. The van der Waals surface area contributed by atoms with Crippen molar-refractivity contribution in [1.29, 1.82) is 0 Å². The van der Waals surface area contributed by atoms with E-state index in [1.807, 2.05) is 12.1 Å². The van der Waals surface area contributed by atoms with Crippen LogP contribution in [0.25, 0.3) is 0 Å². The van der Waals surface area contributed by atoms with Crippen LogP contribution >= 0.6 is 0 Å². The molecule has 1 atom stereocenters. The quantitative estimate of drug-likeness (QED) is 0.575. The summed E-state index contributed by atoms with van der Waals surface area (Å²) in [6.45, 7) is 4.47. The average molecular weight is 248 g/mol. The van der Waals surface area contributed by atoms with Gasteiger partial charge in [0.2, 0.25) is 0 Å². The van der Waals surface area contributed by atoms with Crippen molar-refractivity contribution in [2.75, 3.05) is 0 Å². The molecule has 0 aliphatic heterocycles. The fraction of sp³-hybridized carbons (Fsp3) is 0.600. The molecule has 0 radical (unpaired) electrons. The summed E-state index contributed by atoms with van der Waals surface area (Å²) in [6.07, 6.45) is 5.05. The number of ether oxygens (including phenoxy) is 1. The minimum Gasteiger partial charge on any atom is -0.490 e. The first-order valence-electron chi connectivity index (χ1n) is 6.91. The van der Waals surface area contributed by atoms with Crippen LogP contribution < -0.4 is 16.0 Å². The first-order chi connectivity index (χ1) is 8.69. The summed E-state index contributed by atoms with van der Waals surface area (Å²) in [5.41, 5.74) is 4.13. The minimum absolute atomic E-state index is 0.218. The summed E-state index contributed by atoms with van der Waals surface area (Å²) < 4.78 is 5.82. The fourth-order valence-corrected chi connectivity index (χ4v) is 2.03. The average Bonchev–Trinajstić information content (AvgIpc) is 3.14. The lowest BCUT2D eigenvalue weighted by atomic mass is 9.98. The van der Waals surface area contributed by atoms with E-state index >= 15 is 0 Å². The molecular formula is C15H24N2O. The molecule has 0 heterocycles. The highest BCUT2D eigenvalue weighted by atomic mass is 16.5. The first-order valence-corrected chi connectivity index (χ1v) is 6.91. The highest BCUT2D eigenvalue weighted by Gasteiger charge is 2.23. The maximum atomic E-state index is 5.82. The smallest absolute Gasteiger partial charge is 0.120 e. The normalized spacial score (nSPS) is 16.9. The molecule has 1 aromatic carbocycles. The van der Waals surface area contributed by atoms with E-state index in [1.165, 1.54) is 24.8 Å². The van der Waals surface area contributed by atoms with Crippen LogP contribution in [0, 0.1) is 5.92 Å². The van der Waals surface area contributed by atoms with Crippen molar-refractivity contribution in [3.63, 3.8) is 0 Å². The molecule has 1 aliphatic rings. The van der Waals surface area contributed by atoms with Crippen LogP contribution in [-0.2, 0) is 0 Å². The van der Waals surface area contributed by atoms with Crippen molar-refractivity contribution in [2.24, 2.45) is 11.8 Å². The Hall–Kier alpha value is -1.06. The van der Waals surface area contributed by atoms with Gasteiger partial charge in [0.05, 0.1) is 6.10 Å². The number of rotatable bonds is 7. The summed E-state index contributed by atoms with van der Waals surface area (Å²) in [6, 6.07) is 8.52. The Labute approximate surface area is 110 Å². The zero-order valence-electron chi connectivity index (χ0n) is 11.4. The fourth-order valence-electron chi connectivity index (χ4n) is 2.03. The summed E-state index contributed by atoms with van der Waals surface area (Å²) >= 11 is 0. The van der Waals surface area contributed by atoms with Crippen LogP contribution in [0.1, 0.15) is 51.1 Å². The van der Waals surface area contributed by atoms with E-state index < -0.39 is 0 Å². The molecule has 1 unspecified atom stereocenters. The van der Waals surface area contributed by atoms with Gasteiger partial charge in [0.15, 0.2) is 0 Å². The molecule has 0 amide bonds. The number of hydrazine groups is 1. The van der Waals surface area contributed by atoms with E-state index in [1.54, 1.807) is 0 Å². The molecular weight excluding hydrogens is 224 g/mol. The van der Waals surface area contributed by atoms with Gasteiger partial charge in [-0.05, 0) is 49.3 Å². The third-order valence-corrected chi connectivity index (χ3v) is 3.32. The van der Waals surface area contributed by atoms with E-state index in [0.717, 1.165) is 12.2 Å². The van der Waals surface area contributed by atoms with Crippen molar-refractivity contribution >= 4 is 0 Å². The Morgan fingerprint density at radius 1 is 1.33 bits per heavy atom. The van der Waals surface area contributed by atoms with Gasteiger partial charge in [0, 0.05) is 6.04 Å². The van der Waals surface area contributed by atoms with E-state index in [-0.39, 0.29) is 6.04 Å². The molecule has 3 nitrogen and oxygen atoms in total. The molecule has 1 fully saturated rings. The highest BCUT2D eigenvalue weighted by Crippen LogP contribution is 2.29. The van der Waals surface area contributed by atoms with Crippen LogP contribution in [0.5, 0.6) is 5.75 Å². The zero-order valence-corrected chi connectivity index (χ0v) is 11.4. The van der Waals surface area contributed by atoms with Crippen molar-refractivity contribution in [3.05, 3.63) is 29.8 Å². The highest BCUT2D eigenvalue weighted by molar-refractivity contribution is 5.31. The molecule has 3 heteroatoms. The van der Waals surface area contributed by atoms with Gasteiger partial charge in [0.25, 0.3) is 0 Å². The molecule has 2 rings (SSSR count). The van der Waals surface area contributed by atoms with Gasteiger partial charge in [-0.3, -0.25) is 11.3 Å². The van der Waals surface area contributed by atoms with Gasteiger partial charge in [-0.2, -0.15) is 0 Å². The molecule has 0 bridgehead atoms. The molecule has 1 saturated carbocycles. The van der Waals surface area contributed by atoms with Gasteiger partial charge < -0.3 is 4.74 Å². The van der Waals surface area contributed by atoms with E-state index in [4.69, 9.17) is 10.6 Å². The predicted molar refractivity (Wildman–Crippen MR) is 74.2 cm³/mol. The molecule has 1 aliphatic carbocycles. The van der Waals surface area contributed by atoms with Crippen molar-refractivity contribution in [3.8, 4) is 5.75 Å². The van der Waals surface area contributed by atoms with Crippen LogP contribution in [0.2, 0.25) is 0 Å². The van der Waals surface area contributed by atoms with Crippen LogP contribution in [0.15, 0.2) is 24.3 Å². The lowest BCUT2D eigenvalue weighted by Gasteiger charge is -2.18. The number of hydrogen-bond donors (Lipinski definition) is 2. The minimum atomic E-state index is 0.218. The van der Waals surface area contributed by atoms with Crippen LogP contribution in [-0.4, -0.2) is 6.10 Å². The Kier molecular flexibility index (Phi) is 4.61. The predicted octanol–water partition coefficient (Wildman–Crippen LogP) is 3.17. The summed E-state index contributed by atoms with van der Waals surface area (Å²) in [4.78, 5) is 0. The van der Waals surface area contributed by atoms with Gasteiger partial charge >= 0.3 is 0 Å². The summed E-state index contributed by atoms with van der Waals surface area (Å²) in [5.74, 6) is 7.34. The third-order valence-electron chi connectivity index (χ3n) is 3.32. The van der Waals surface area contributed by atoms with Gasteiger partial charge in [-0.1, -0.05) is 26.0 Å². The van der Waals surface area contributed by atoms with Gasteiger partial charge in [-0.25, -0.2) is 0 Å². The topological polar surface area (TPSA) is 47.3 Å². The Bertz CT molecular complexity index is 375. The first kappa shape index (κ1) is 13.4. The number of nitrogens with one attached hydrogen (secondary N) is 1. The second-order valence-corrected chi connectivity index (χ2v) is 5.58. The van der Waals surface area contributed by atoms with Crippen molar-refractivity contribution < 1.29 is 4.74 Å². The molecule has 3 N–H and O–H groups in total. The number of hydrogen-bond acceptors (Lipinski definition) is 3. The van der Waals surface area contributed by atoms with E-state index in [9.17, 15) is 0 Å². The van der Waals surface area contributed by atoms with Crippen molar-refractivity contribution in [1.82, 2.24) is 5.43 Å². The van der Waals surface area contributed by atoms with Gasteiger partial charge in [0.1, 0.15) is 5.75 Å². The number of benzene rings is 1. The van der Waals surface area contributed by atoms with Crippen LogP contribution in [0.4, 0.5) is 0 Å². The monoisotopic (exact) mass is 248 g/mol. The number of nitrogens with two attached hydrogens (primary N) is 1. The molecule has 100 valence electrons. The summed E-state index contributed by atoms with van der Waals surface area (Å²) in [7, 11) is 0. The molecule has 0 aromatic heterocycles. The largest absolute Gasteiger partial charge is 0.490 e. The van der Waals surface area contributed by atoms with Crippen LogP contribution in [0.3, 0.4) is 0 Å². The Morgan fingerprint density at radius 2 is 2.11 bits per heavy atom. The molecule has 0 saturated heterocycles. The standard InChI is InChI=1S/C15H24N2O/c1-11(2)6-9-15(17-16)12-4-3-5-14(10-12)18-13-7-8-13/h3-5,10-11,13,15,17H,6-9,16H2,1-2H3.